The summed E-state index contributed by atoms with van der Waals surface area (Å²) >= 11 is 0. The van der Waals surface area contributed by atoms with E-state index >= 15 is 0 Å². The Hall–Kier alpha value is -3.80. The van der Waals surface area contributed by atoms with Gasteiger partial charge in [-0.2, -0.15) is 9.47 Å². The number of nitrogens with zero attached hydrogens (tertiary/aromatic N) is 4. The molecule has 3 aromatic heterocycles. The number of aryl methyl sites for hydroxylation is 3. The van der Waals surface area contributed by atoms with Crippen molar-refractivity contribution in [3.63, 3.8) is 0 Å². The molecule has 6 rings (SSSR count). The van der Waals surface area contributed by atoms with Gasteiger partial charge in [-0.25, -0.2) is 4.98 Å². The third kappa shape index (κ3) is 2.81. The topological polar surface area (TPSA) is 49.5 Å². The van der Waals surface area contributed by atoms with Crippen LogP contribution in [0.1, 0.15) is 37.6 Å². The van der Waals surface area contributed by atoms with Crippen LogP contribution in [-0.2, 0) is 12.6 Å². The first-order valence-electron chi connectivity index (χ1n) is 11.7. The molecule has 0 amide bonds. The Labute approximate surface area is 198 Å². The minimum Gasteiger partial charge on any atom is -0.438 e. The van der Waals surface area contributed by atoms with Crippen molar-refractivity contribution in [2.24, 2.45) is 7.05 Å². The lowest BCUT2D eigenvalue weighted by Gasteiger charge is -2.40. The van der Waals surface area contributed by atoms with Gasteiger partial charge in [0.1, 0.15) is 11.8 Å². The summed E-state index contributed by atoms with van der Waals surface area (Å²) in [6.45, 7) is 10.9. The Morgan fingerprint density at radius 1 is 0.941 bits per heavy atom. The molecule has 0 fully saturated rings. The molecule has 1 aliphatic rings. The quantitative estimate of drug-likeness (QED) is 0.312. The van der Waals surface area contributed by atoms with Crippen LogP contribution < -0.4 is 9.47 Å². The van der Waals surface area contributed by atoms with Gasteiger partial charge in [-0.15, -0.1) is 0 Å². The molecule has 2 aromatic carbocycles. The second kappa shape index (κ2) is 7.10. The Morgan fingerprint density at radius 2 is 1.74 bits per heavy atom. The molecule has 0 aliphatic carbocycles. The first-order chi connectivity index (χ1) is 16.3. The monoisotopic (exact) mass is 453 g/mol. The van der Waals surface area contributed by atoms with Crippen molar-refractivity contribution >= 4 is 39.2 Å². The fraction of sp³-hybridized carbons (Fsp3) is 0.286. The van der Waals surface area contributed by atoms with Crippen LogP contribution >= 0.6 is 0 Å². The van der Waals surface area contributed by atoms with Crippen LogP contribution in [0.25, 0.3) is 33.2 Å². The maximum absolute atomic E-state index is 6.26. The predicted molar refractivity (Wildman–Crippen MR) is 134 cm³/mol. The molecule has 5 aromatic rings. The lowest BCUT2D eigenvalue weighted by Crippen LogP contribution is -2.48. The molecule has 0 N–H and O–H groups in total. The number of benzene rings is 2. The molecule has 1 aliphatic heterocycles. The van der Waals surface area contributed by atoms with Gasteiger partial charge in [0.2, 0.25) is 5.71 Å². The van der Waals surface area contributed by atoms with Crippen molar-refractivity contribution in [3.05, 3.63) is 77.8 Å². The maximum Gasteiger partial charge on any atom is 0.463 e. The molecule has 4 heterocycles. The second-order valence-electron chi connectivity index (χ2n) is 9.75. The molecular formula is C28H29N4O2+. The number of oxazole rings is 1. The zero-order valence-electron chi connectivity index (χ0n) is 20.5. The van der Waals surface area contributed by atoms with Crippen LogP contribution in [0.15, 0.2) is 69.8 Å². The Kier molecular flexibility index (Phi) is 4.34. The van der Waals surface area contributed by atoms with E-state index in [1.165, 1.54) is 11.1 Å². The second-order valence-corrected chi connectivity index (χ2v) is 9.75. The molecule has 6 nitrogen and oxygen atoms in total. The van der Waals surface area contributed by atoms with Crippen LogP contribution in [0, 0.1) is 13.8 Å². The van der Waals surface area contributed by atoms with E-state index in [2.05, 4.69) is 89.8 Å². The van der Waals surface area contributed by atoms with Crippen LogP contribution in [0.2, 0.25) is 0 Å². The number of anilines is 1. The first kappa shape index (κ1) is 20.8. The minimum absolute atomic E-state index is 0.0509. The van der Waals surface area contributed by atoms with E-state index in [0.29, 0.717) is 5.71 Å². The van der Waals surface area contributed by atoms with E-state index in [-0.39, 0.29) is 11.7 Å². The largest absolute Gasteiger partial charge is 0.463 e. The third-order valence-corrected chi connectivity index (χ3v) is 7.24. The molecule has 1 atom stereocenters. The number of pyridine rings is 1. The fourth-order valence-corrected chi connectivity index (χ4v) is 5.58. The standard InChI is InChI=1S/C28H29N4O2/c1-17-11-14-23-24(20-13-12-18(2)29-26(20)33-23)25(17)28(4,5)32-16-15-31(19(32)3)27-30(6)21-9-7-8-10-22(21)34-27/h7-16,19H,1-6H3/q+1/t19-/m1/s1. The lowest BCUT2D eigenvalue weighted by atomic mass is 9.85. The third-order valence-electron chi connectivity index (χ3n) is 7.24. The number of hydrogen-bond donors (Lipinski definition) is 0. The van der Waals surface area contributed by atoms with E-state index in [4.69, 9.17) is 8.83 Å². The van der Waals surface area contributed by atoms with E-state index < -0.39 is 0 Å². The highest BCUT2D eigenvalue weighted by atomic mass is 16.4. The fourth-order valence-electron chi connectivity index (χ4n) is 5.58. The Morgan fingerprint density at radius 3 is 2.53 bits per heavy atom. The van der Waals surface area contributed by atoms with E-state index in [9.17, 15) is 0 Å². The van der Waals surface area contributed by atoms with Gasteiger partial charge in [0.05, 0.1) is 12.6 Å². The maximum atomic E-state index is 6.26. The van der Waals surface area contributed by atoms with Crippen molar-refractivity contribution in [1.82, 2.24) is 9.88 Å². The summed E-state index contributed by atoms with van der Waals surface area (Å²) < 4.78 is 14.5. The normalized spacial score (nSPS) is 16.6. The Bertz CT molecular complexity index is 1610. The summed E-state index contributed by atoms with van der Waals surface area (Å²) in [5.74, 6) is 0. The van der Waals surface area contributed by atoms with Crippen LogP contribution in [0.4, 0.5) is 6.01 Å². The number of para-hydroxylation sites is 2. The summed E-state index contributed by atoms with van der Waals surface area (Å²) in [5, 5.41) is 2.20. The summed E-state index contributed by atoms with van der Waals surface area (Å²) in [6.07, 6.45) is 4.33. The average molecular weight is 454 g/mol. The molecule has 0 spiro atoms. The van der Waals surface area contributed by atoms with Crippen molar-refractivity contribution in [1.29, 1.82) is 0 Å². The number of aromatic nitrogens is 2. The van der Waals surface area contributed by atoms with Crippen LogP contribution in [0.3, 0.4) is 0 Å². The first-order valence-corrected chi connectivity index (χ1v) is 11.7. The smallest absolute Gasteiger partial charge is 0.438 e. The summed E-state index contributed by atoms with van der Waals surface area (Å²) in [5.41, 5.74) is 6.64. The lowest BCUT2D eigenvalue weighted by molar-refractivity contribution is -0.635. The van der Waals surface area contributed by atoms with Crippen molar-refractivity contribution in [3.8, 4) is 0 Å². The molecule has 0 radical (unpaired) electrons. The van der Waals surface area contributed by atoms with Crippen molar-refractivity contribution < 1.29 is 13.4 Å². The number of hydrogen-bond acceptors (Lipinski definition) is 5. The number of furan rings is 1. The molecule has 0 bridgehead atoms. The molecule has 34 heavy (non-hydrogen) atoms. The van der Waals surface area contributed by atoms with Crippen LogP contribution in [-0.4, -0.2) is 16.0 Å². The summed E-state index contributed by atoms with van der Waals surface area (Å²) in [4.78, 5) is 9.22. The van der Waals surface area contributed by atoms with E-state index in [1.54, 1.807) is 0 Å². The number of rotatable bonds is 3. The molecule has 0 unspecified atom stereocenters. The van der Waals surface area contributed by atoms with Gasteiger partial charge >= 0.3 is 6.01 Å². The average Bonchev–Trinajstić information content (AvgIpc) is 3.46. The Balaban J connectivity index is 1.47. The molecule has 0 saturated carbocycles. The summed E-state index contributed by atoms with van der Waals surface area (Å²) in [6, 6.07) is 17.3. The van der Waals surface area contributed by atoms with Crippen LogP contribution in [0.5, 0.6) is 0 Å². The highest BCUT2D eigenvalue weighted by Crippen LogP contribution is 2.43. The van der Waals surface area contributed by atoms with E-state index in [1.807, 2.05) is 32.2 Å². The zero-order chi connectivity index (χ0) is 23.8. The van der Waals surface area contributed by atoms with Gasteiger partial charge in [-0.05, 0) is 76.1 Å². The molecule has 0 saturated heterocycles. The van der Waals surface area contributed by atoms with Gasteiger partial charge in [-0.3, -0.25) is 0 Å². The predicted octanol–water partition coefficient (Wildman–Crippen LogP) is 6.04. The van der Waals surface area contributed by atoms with E-state index in [0.717, 1.165) is 39.2 Å². The SMILES string of the molecule is Cc1ccc2c(n1)oc1ccc(C)c(C(C)(C)N3C=CN(c4oc5ccccc5[n+]4C)[C@H]3C)c12. The van der Waals surface area contributed by atoms with Gasteiger partial charge in [-0.1, -0.05) is 18.2 Å². The highest BCUT2D eigenvalue weighted by Gasteiger charge is 2.43. The molecule has 6 heteroatoms. The zero-order valence-corrected chi connectivity index (χ0v) is 20.5. The highest BCUT2D eigenvalue weighted by molar-refractivity contribution is 6.06. The minimum atomic E-state index is -0.319. The molecular weight excluding hydrogens is 424 g/mol. The van der Waals surface area contributed by atoms with Gasteiger partial charge in [0.15, 0.2) is 17.3 Å². The van der Waals surface area contributed by atoms with Gasteiger partial charge in [0, 0.05) is 22.7 Å². The van der Waals surface area contributed by atoms with Crippen molar-refractivity contribution in [2.45, 2.75) is 46.3 Å². The van der Waals surface area contributed by atoms with Gasteiger partial charge in [0.25, 0.3) is 0 Å². The number of fused-ring (bicyclic) bond motifs is 4. The van der Waals surface area contributed by atoms with Crippen molar-refractivity contribution in [2.75, 3.05) is 4.90 Å². The van der Waals surface area contributed by atoms with Gasteiger partial charge < -0.3 is 13.7 Å². The summed E-state index contributed by atoms with van der Waals surface area (Å²) in [7, 11) is 2.05. The molecule has 172 valence electrons.